The van der Waals surface area contributed by atoms with E-state index in [1.165, 1.54) is 0 Å². The zero-order chi connectivity index (χ0) is 19.4. The molecular formula is C19H17ClN4O3. The fraction of sp³-hybridized carbons (Fsp3) is 0.158. The number of nitrogens with one attached hydrogen (secondary N) is 1. The fourth-order valence-corrected chi connectivity index (χ4v) is 2.88. The summed E-state index contributed by atoms with van der Waals surface area (Å²) < 4.78 is 1.64. The maximum absolute atomic E-state index is 12.0. The Morgan fingerprint density at radius 2 is 1.93 bits per heavy atom. The van der Waals surface area contributed by atoms with Gasteiger partial charge in [-0.3, -0.25) is 9.59 Å². The summed E-state index contributed by atoms with van der Waals surface area (Å²) in [5, 5.41) is 21.4. The molecule has 2 aromatic carbocycles. The molecule has 1 aromatic heterocycles. The van der Waals surface area contributed by atoms with Gasteiger partial charge in [0.05, 0.1) is 5.52 Å². The van der Waals surface area contributed by atoms with Crippen molar-refractivity contribution >= 4 is 40.0 Å². The standard InChI is InChI=1S/C19H17ClN4O3/c1-2-24-15-9-8-13(20)10-14(15)17(19(24)27)23-22-16(25)11-21-18(26)12-6-4-3-5-7-12/h3-10,27H,2,11H2,1H3,(H,21,26). The molecule has 138 valence electrons. The average molecular weight is 385 g/mol. The first kappa shape index (κ1) is 18.6. The Bertz CT molecular complexity index is 1030. The van der Waals surface area contributed by atoms with Crippen LogP contribution in [0, 0.1) is 0 Å². The Morgan fingerprint density at radius 3 is 2.63 bits per heavy atom. The smallest absolute Gasteiger partial charge is 0.283 e. The lowest BCUT2D eigenvalue weighted by atomic mass is 10.2. The molecule has 3 rings (SSSR count). The zero-order valence-electron chi connectivity index (χ0n) is 14.5. The van der Waals surface area contributed by atoms with E-state index in [-0.39, 0.29) is 24.0 Å². The molecule has 0 bridgehead atoms. The predicted molar refractivity (Wildman–Crippen MR) is 103 cm³/mol. The van der Waals surface area contributed by atoms with Crippen molar-refractivity contribution in [3.8, 4) is 5.88 Å². The third-order valence-corrected chi connectivity index (χ3v) is 4.22. The van der Waals surface area contributed by atoms with Crippen LogP contribution in [0.3, 0.4) is 0 Å². The summed E-state index contributed by atoms with van der Waals surface area (Å²) >= 11 is 6.02. The van der Waals surface area contributed by atoms with Gasteiger partial charge >= 0.3 is 0 Å². The second kappa shape index (κ2) is 8.01. The predicted octanol–water partition coefficient (Wildman–Crippen LogP) is 4.06. The van der Waals surface area contributed by atoms with Crippen LogP contribution < -0.4 is 5.32 Å². The van der Waals surface area contributed by atoms with Gasteiger partial charge in [0.15, 0.2) is 5.69 Å². The number of hydrogen-bond donors (Lipinski definition) is 2. The number of fused-ring (bicyclic) bond motifs is 1. The second-order valence-electron chi connectivity index (χ2n) is 5.72. The molecule has 0 saturated carbocycles. The second-order valence-corrected chi connectivity index (χ2v) is 6.16. The van der Waals surface area contributed by atoms with Crippen molar-refractivity contribution in [1.29, 1.82) is 0 Å². The number of benzene rings is 2. The zero-order valence-corrected chi connectivity index (χ0v) is 15.3. The number of aromatic hydroxyl groups is 1. The molecule has 0 aliphatic rings. The van der Waals surface area contributed by atoms with E-state index in [9.17, 15) is 14.7 Å². The first-order valence-corrected chi connectivity index (χ1v) is 8.67. The van der Waals surface area contributed by atoms with E-state index in [2.05, 4.69) is 15.5 Å². The molecular weight excluding hydrogens is 368 g/mol. The summed E-state index contributed by atoms with van der Waals surface area (Å²) in [5.74, 6) is -1.12. The van der Waals surface area contributed by atoms with Crippen molar-refractivity contribution in [1.82, 2.24) is 9.88 Å². The molecule has 0 aliphatic heterocycles. The van der Waals surface area contributed by atoms with Gasteiger partial charge < -0.3 is 15.0 Å². The lowest BCUT2D eigenvalue weighted by Crippen LogP contribution is -2.28. The van der Waals surface area contributed by atoms with Crippen LogP contribution in [-0.2, 0) is 11.3 Å². The third-order valence-electron chi connectivity index (χ3n) is 3.99. The summed E-state index contributed by atoms with van der Waals surface area (Å²) in [5.41, 5.74) is 1.34. The van der Waals surface area contributed by atoms with Gasteiger partial charge in [0.2, 0.25) is 5.88 Å². The molecule has 8 heteroatoms. The van der Waals surface area contributed by atoms with Crippen molar-refractivity contribution in [3.05, 3.63) is 59.1 Å². The van der Waals surface area contributed by atoms with Crippen LogP contribution in [-0.4, -0.2) is 28.0 Å². The number of hydrogen-bond acceptors (Lipinski definition) is 4. The Balaban J connectivity index is 1.76. The lowest BCUT2D eigenvalue weighted by molar-refractivity contribution is -0.117. The van der Waals surface area contributed by atoms with Gasteiger partial charge in [-0.15, -0.1) is 10.2 Å². The fourth-order valence-electron chi connectivity index (χ4n) is 2.70. The molecule has 27 heavy (non-hydrogen) atoms. The van der Waals surface area contributed by atoms with Crippen LogP contribution in [0.1, 0.15) is 17.3 Å². The molecule has 2 amide bonds. The Hall–Kier alpha value is -3.19. The van der Waals surface area contributed by atoms with Crippen molar-refractivity contribution in [3.63, 3.8) is 0 Å². The minimum absolute atomic E-state index is 0.0976. The van der Waals surface area contributed by atoms with Crippen LogP contribution >= 0.6 is 11.6 Å². The highest BCUT2D eigenvalue weighted by Crippen LogP contribution is 2.39. The molecule has 0 unspecified atom stereocenters. The molecule has 0 spiro atoms. The molecule has 7 nitrogen and oxygen atoms in total. The van der Waals surface area contributed by atoms with Gasteiger partial charge in [0.1, 0.15) is 6.54 Å². The van der Waals surface area contributed by atoms with Gasteiger partial charge in [-0.2, -0.15) is 0 Å². The molecule has 0 atom stereocenters. The topological polar surface area (TPSA) is 96.0 Å². The number of halogens is 1. The van der Waals surface area contributed by atoms with E-state index in [0.717, 1.165) is 5.52 Å². The molecule has 1 heterocycles. The summed E-state index contributed by atoms with van der Waals surface area (Å²) in [7, 11) is 0. The van der Waals surface area contributed by atoms with E-state index in [1.54, 1.807) is 53.1 Å². The highest BCUT2D eigenvalue weighted by atomic mass is 35.5. The number of azo groups is 1. The highest BCUT2D eigenvalue weighted by molar-refractivity contribution is 6.31. The van der Waals surface area contributed by atoms with Gasteiger partial charge in [-0.1, -0.05) is 29.8 Å². The third kappa shape index (κ3) is 3.98. The van der Waals surface area contributed by atoms with E-state index >= 15 is 0 Å². The minimum Gasteiger partial charge on any atom is -0.493 e. The van der Waals surface area contributed by atoms with Crippen LogP contribution in [0.4, 0.5) is 5.69 Å². The first-order valence-electron chi connectivity index (χ1n) is 8.29. The number of amides is 2. The molecule has 0 aliphatic carbocycles. The molecule has 3 aromatic rings. The van der Waals surface area contributed by atoms with Gasteiger partial charge in [-0.25, -0.2) is 0 Å². The monoisotopic (exact) mass is 384 g/mol. The Kier molecular flexibility index (Phi) is 5.52. The average Bonchev–Trinajstić information content (AvgIpc) is 2.95. The van der Waals surface area contributed by atoms with Crippen LogP contribution in [0.2, 0.25) is 5.02 Å². The van der Waals surface area contributed by atoms with E-state index in [0.29, 0.717) is 22.5 Å². The van der Waals surface area contributed by atoms with Crippen molar-refractivity contribution in [2.45, 2.75) is 13.5 Å². The summed E-state index contributed by atoms with van der Waals surface area (Å²) in [6, 6.07) is 13.7. The number of rotatable bonds is 5. The number of aromatic nitrogens is 1. The summed E-state index contributed by atoms with van der Waals surface area (Å²) in [4.78, 5) is 23.9. The van der Waals surface area contributed by atoms with E-state index in [4.69, 9.17) is 11.6 Å². The molecule has 0 radical (unpaired) electrons. The lowest BCUT2D eigenvalue weighted by Gasteiger charge is -2.02. The van der Waals surface area contributed by atoms with Gasteiger partial charge in [0.25, 0.3) is 11.8 Å². The number of carbonyl (C=O) groups is 2. The van der Waals surface area contributed by atoms with E-state index in [1.807, 2.05) is 6.92 Å². The number of carbonyl (C=O) groups excluding carboxylic acids is 2. The summed E-state index contributed by atoms with van der Waals surface area (Å²) in [6.07, 6.45) is 0. The molecule has 0 saturated heterocycles. The number of aryl methyl sites for hydroxylation is 1. The first-order chi connectivity index (χ1) is 13.0. The molecule has 0 fully saturated rings. The normalized spacial score (nSPS) is 11.2. The van der Waals surface area contributed by atoms with Gasteiger partial charge in [-0.05, 0) is 37.3 Å². The Morgan fingerprint density at radius 1 is 1.19 bits per heavy atom. The Labute approximate surface area is 160 Å². The highest BCUT2D eigenvalue weighted by Gasteiger charge is 2.16. The van der Waals surface area contributed by atoms with Crippen LogP contribution in [0.15, 0.2) is 58.8 Å². The van der Waals surface area contributed by atoms with Crippen molar-refractivity contribution in [2.75, 3.05) is 6.54 Å². The van der Waals surface area contributed by atoms with Gasteiger partial charge in [0, 0.05) is 22.5 Å². The van der Waals surface area contributed by atoms with Crippen LogP contribution in [0.25, 0.3) is 10.9 Å². The van der Waals surface area contributed by atoms with Crippen molar-refractivity contribution in [2.24, 2.45) is 10.2 Å². The largest absolute Gasteiger partial charge is 0.493 e. The SMILES string of the molecule is CCn1c(O)c(N=NC(=O)CNC(=O)c2ccccc2)c2cc(Cl)ccc21. The maximum Gasteiger partial charge on any atom is 0.283 e. The molecule has 2 N–H and O–H groups in total. The maximum atomic E-state index is 12.0. The summed E-state index contributed by atoms with van der Waals surface area (Å²) in [6.45, 7) is 2.09. The minimum atomic E-state index is -0.641. The quantitative estimate of drug-likeness (QED) is 0.649. The van der Waals surface area contributed by atoms with E-state index < -0.39 is 5.91 Å². The number of nitrogens with zero attached hydrogens (tertiary/aromatic N) is 3. The van der Waals surface area contributed by atoms with Crippen molar-refractivity contribution < 1.29 is 14.7 Å². The van der Waals surface area contributed by atoms with Crippen LogP contribution in [0.5, 0.6) is 5.88 Å².